The van der Waals surface area contributed by atoms with E-state index in [1.165, 1.54) is 5.75 Å². The molecule has 3 aliphatic rings. The summed E-state index contributed by atoms with van der Waals surface area (Å²) >= 11 is 1.99. The average molecular weight is 243 g/mol. The minimum absolute atomic E-state index is 0.0524. The van der Waals surface area contributed by atoms with E-state index in [9.17, 15) is 0 Å². The third-order valence-corrected chi connectivity index (χ3v) is 5.61. The van der Waals surface area contributed by atoms with Gasteiger partial charge in [-0.15, -0.1) is 0 Å². The lowest BCUT2D eigenvalue weighted by Crippen LogP contribution is -2.68. The van der Waals surface area contributed by atoms with Crippen LogP contribution in [-0.4, -0.2) is 42.6 Å². The second kappa shape index (κ2) is 3.61. The number of thioether (sulfide) groups is 1. The molecule has 0 saturated carbocycles. The zero-order valence-electron chi connectivity index (χ0n) is 10.2. The summed E-state index contributed by atoms with van der Waals surface area (Å²) in [6.45, 7) is 7.25. The van der Waals surface area contributed by atoms with Crippen molar-refractivity contribution in [1.82, 2.24) is 5.32 Å². The highest BCUT2D eigenvalue weighted by Crippen LogP contribution is 2.48. The van der Waals surface area contributed by atoms with Crippen LogP contribution in [0.3, 0.4) is 0 Å². The van der Waals surface area contributed by atoms with Crippen LogP contribution < -0.4 is 5.32 Å². The maximum atomic E-state index is 6.54. The summed E-state index contributed by atoms with van der Waals surface area (Å²) in [6, 6.07) is 0. The summed E-state index contributed by atoms with van der Waals surface area (Å²) in [7, 11) is 0. The number of hydrogen-bond acceptors (Lipinski definition) is 4. The van der Waals surface area contributed by atoms with Crippen LogP contribution in [0, 0.1) is 5.41 Å². The summed E-state index contributed by atoms with van der Waals surface area (Å²) in [5, 5.41) is 3.64. The van der Waals surface area contributed by atoms with Crippen LogP contribution in [0.25, 0.3) is 0 Å². The first-order valence-electron chi connectivity index (χ1n) is 6.18. The van der Waals surface area contributed by atoms with E-state index in [1.54, 1.807) is 0 Å². The molecule has 0 bridgehead atoms. The van der Waals surface area contributed by atoms with Crippen molar-refractivity contribution in [2.75, 3.05) is 31.3 Å². The van der Waals surface area contributed by atoms with Gasteiger partial charge in [-0.1, -0.05) is 13.8 Å². The van der Waals surface area contributed by atoms with Crippen LogP contribution in [0.1, 0.15) is 26.7 Å². The first-order chi connectivity index (χ1) is 7.58. The normalized spacial score (nSPS) is 46.9. The number of hydrogen-bond donors (Lipinski definition) is 1. The van der Waals surface area contributed by atoms with Crippen LogP contribution in [0.4, 0.5) is 0 Å². The van der Waals surface area contributed by atoms with E-state index in [0.717, 1.165) is 38.4 Å². The quantitative estimate of drug-likeness (QED) is 0.700. The van der Waals surface area contributed by atoms with Gasteiger partial charge in [-0.05, 0) is 12.2 Å². The van der Waals surface area contributed by atoms with Gasteiger partial charge in [-0.3, -0.25) is 5.32 Å². The van der Waals surface area contributed by atoms with Crippen LogP contribution in [0.2, 0.25) is 0 Å². The lowest BCUT2D eigenvalue weighted by molar-refractivity contribution is -0.239. The molecule has 4 heteroatoms. The molecule has 0 aromatic rings. The van der Waals surface area contributed by atoms with E-state index in [1.807, 2.05) is 11.8 Å². The van der Waals surface area contributed by atoms with Gasteiger partial charge in [-0.25, -0.2) is 0 Å². The summed E-state index contributed by atoms with van der Waals surface area (Å²) in [5.41, 5.74) is 0.0546. The van der Waals surface area contributed by atoms with E-state index in [0.29, 0.717) is 0 Å². The second-order valence-corrected chi connectivity index (χ2v) is 7.04. The molecule has 0 aromatic heterocycles. The molecule has 2 spiro atoms. The molecule has 1 N–H and O–H groups in total. The van der Waals surface area contributed by atoms with Gasteiger partial charge >= 0.3 is 0 Å². The summed E-state index contributed by atoms with van der Waals surface area (Å²) < 4.78 is 12.2. The highest BCUT2D eigenvalue weighted by Gasteiger charge is 2.57. The molecule has 3 nitrogen and oxygen atoms in total. The Bertz CT molecular complexity index is 281. The average Bonchev–Trinajstić information content (AvgIpc) is 2.85. The van der Waals surface area contributed by atoms with Crippen LogP contribution in [0.15, 0.2) is 0 Å². The third-order valence-electron chi connectivity index (χ3n) is 4.45. The molecule has 0 amide bonds. The van der Waals surface area contributed by atoms with Crippen molar-refractivity contribution in [2.24, 2.45) is 5.41 Å². The van der Waals surface area contributed by atoms with E-state index >= 15 is 0 Å². The van der Waals surface area contributed by atoms with E-state index < -0.39 is 0 Å². The Kier molecular flexibility index (Phi) is 2.56. The van der Waals surface area contributed by atoms with Crippen molar-refractivity contribution < 1.29 is 9.47 Å². The van der Waals surface area contributed by atoms with Crippen molar-refractivity contribution in [3.63, 3.8) is 0 Å². The molecule has 3 fully saturated rings. The molecule has 0 radical (unpaired) electrons. The van der Waals surface area contributed by atoms with Crippen molar-refractivity contribution in [3.8, 4) is 0 Å². The van der Waals surface area contributed by atoms with Crippen molar-refractivity contribution in [2.45, 2.75) is 38.0 Å². The Morgan fingerprint density at radius 2 is 2.12 bits per heavy atom. The van der Waals surface area contributed by atoms with Crippen molar-refractivity contribution in [1.29, 1.82) is 0 Å². The van der Waals surface area contributed by atoms with E-state index in [-0.39, 0.29) is 16.7 Å². The molecule has 16 heavy (non-hydrogen) atoms. The summed E-state index contributed by atoms with van der Waals surface area (Å²) in [6.07, 6.45) is 2.18. The number of nitrogens with one attached hydrogen (secondary N) is 1. The smallest absolute Gasteiger partial charge is 0.130 e. The Morgan fingerprint density at radius 3 is 2.75 bits per heavy atom. The zero-order valence-corrected chi connectivity index (χ0v) is 11.0. The molecule has 3 heterocycles. The monoisotopic (exact) mass is 243 g/mol. The Hall–Kier alpha value is 0.230. The lowest BCUT2D eigenvalue weighted by atomic mass is 9.72. The number of rotatable bonds is 0. The summed E-state index contributed by atoms with van der Waals surface area (Å²) in [4.78, 5) is 0. The van der Waals surface area contributed by atoms with E-state index in [2.05, 4.69) is 19.2 Å². The first kappa shape index (κ1) is 11.3. The zero-order chi connectivity index (χ0) is 11.3. The van der Waals surface area contributed by atoms with Gasteiger partial charge in [0.1, 0.15) is 11.3 Å². The Morgan fingerprint density at radius 1 is 1.25 bits per heavy atom. The predicted octanol–water partition coefficient (Wildman–Crippen LogP) is 1.62. The lowest BCUT2D eigenvalue weighted by Gasteiger charge is -2.54. The second-order valence-electron chi connectivity index (χ2n) is 5.93. The molecule has 0 aromatic carbocycles. The van der Waals surface area contributed by atoms with Gasteiger partial charge in [0, 0.05) is 30.7 Å². The van der Waals surface area contributed by atoms with Gasteiger partial charge in [-0.2, -0.15) is 11.8 Å². The highest BCUT2D eigenvalue weighted by molar-refractivity contribution is 7.99. The topological polar surface area (TPSA) is 30.5 Å². The van der Waals surface area contributed by atoms with Crippen LogP contribution >= 0.6 is 11.8 Å². The van der Waals surface area contributed by atoms with Gasteiger partial charge in [0.25, 0.3) is 0 Å². The van der Waals surface area contributed by atoms with Crippen LogP contribution in [0.5, 0.6) is 0 Å². The van der Waals surface area contributed by atoms with Crippen molar-refractivity contribution in [3.05, 3.63) is 0 Å². The molecule has 2 unspecified atom stereocenters. The Balaban J connectivity index is 1.87. The van der Waals surface area contributed by atoms with E-state index in [4.69, 9.17) is 9.47 Å². The molecular weight excluding hydrogens is 222 g/mol. The maximum absolute atomic E-state index is 6.54. The van der Waals surface area contributed by atoms with Gasteiger partial charge < -0.3 is 9.47 Å². The fourth-order valence-electron chi connectivity index (χ4n) is 3.02. The molecule has 3 saturated heterocycles. The Labute approximate surface area is 102 Å². The van der Waals surface area contributed by atoms with Crippen LogP contribution in [-0.2, 0) is 9.47 Å². The van der Waals surface area contributed by atoms with Gasteiger partial charge in [0.2, 0.25) is 0 Å². The predicted molar refractivity (Wildman–Crippen MR) is 65.7 cm³/mol. The standard InChI is InChI=1S/C12H21NO2S/c1-10(2)7-13-12(4-6-16-9-12)15-11(10)3-5-14-8-11/h13H,3-9H2,1-2H3. The third kappa shape index (κ3) is 1.54. The summed E-state index contributed by atoms with van der Waals surface area (Å²) in [5.74, 6) is 2.30. The minimum atomic E-state index is -0.0616. The fraction of sp³-hybridized carbons (Fsp3) is 1.00. The number of ether oxygens (including phenoxy) is 2. The molecule has 92 valence electrons. The molecule has 3 rings (SSSR count). The molecule has 3 aliphatic heterocycles. The SMILES string of the molecule is CC1(C)CNC2(CCSC2)OC12CCOC2. The largest absolute Gasteiger partial charge is 0.378 e. The van der Waals surface area contributed by atoms with Gasteiger partial charge in [0.15, 0.2) is 0 Å². The van der Waals surface area contributed by atoms with Gasteiger partial charge in [0.05, 0.1) is 6.61 Å². The fourth-order valence-corrected chi connectivity index (χ4v) is 4.27. The minimum Gasteiger partial charge on any atom is -0.378 e. The molecule has 2 atom stereocenters. The highest BCUT2D eigenvalue weighted by atomic mass is 32.2. The molecular formula is C12H21NO2S. The van der Waals surface area contributed by atoms with Crippen molar-refractivity contribution >= 4 is 11.8 Å². The molecule has 0 aliphatic carbocycles. The first-order valence-corrected chi connectivity index (χ1v) is 7.34. The maximum Gasteiger partial charge on any atom is 0.130 e.